The Balaban J connectivity index is 2.19. The molecule has 1 unspecified atom stereocenters. The van der Waals surface area contributed by atoms with E-state index in [1.807, 2.05) is 37.3 Å². The molecule has 0 bridgehead atoms. The van der Waals surface area contributed by atoms with Crippen LogP contribution in [0.2, 0.25) is 0 Å². The standard InChI is InChI=1S/C17H19N/c1-2-16(17(18)13-7-4-8-14-17)12-11-15-9-5-3-6-10-15/h2-13H,14,18H2,1H3. The van der Waals surface area contributed by atoms with Crippen LogP contribution < -0.4 is 5.73 Å². The van der Waals surface area contributed by atoms with Gasteiger partial charge in [0.05, 0.1) is 5.54 Å². The first-order valence-corrected chi connectivity index (χ1v) is 6.28. The van der Waals surface area contributed by atoms with Crippen molar-refractivity contribution >= 4 is 6.08 Å². The molecule has 2 rings (SSSR count). The second kappa shape index (κ2) is 5.65. The minimum absolute atomic E-state index is 0.366. The minimum atomic E-state index is -0.366. The Labute approximate surface area is 109 Å². The highest BCUT2D eigenvalue weighted by molar-refractivity contribution is 5.55. The third-order valence-corrected chi connectivity index (χ3v) is 3.20. The highest BCUT2D eigenvalue weighted by atomic mass is 14.7. The quantitative estimate of drug-likeness (QED) is 0.794. The number of hydrogen-bond donors (Lipinski definition) is 1. The Hall–Kier alpha value is -1.86. The summed E-state index contributed by atoms with van der Waals surface area (Å²) in [6, 6.07) is 10.3. The molecular formula is C17H19N. The summed E-state index contributed by atoms with van der Waals surface area (Å²) in [5.74, 6) is 0. The molecular weight excluding hydrogens is 218 g/mol. The van der Waals surface area contributed by atoms with Crippen molar-refractivity contribution in [2.45, 2.75) is 18.9 Å². The molecule has 0 radical (unpaired) electrons. The lowest BCUT2D eigenvalue weighted by Crippen LogP contribution is -2.39. The van der Waals surface area contributed by atoms with Gasteiger partial charge >= 0.3 is 0 Å². The molecule has 0 saturated heterocycles. The molecule has 0 fully saturated rings. The molecule has 1 aliphatic rings. The van der Waals surface area contributed by atoms with Crippen LogP contribution in [0, 0.1) is 0 Å². The van der Waals surface area contributed by atoms with Crippen LogP contribution in [0.1, 0.15) is 18.9 Å². The van der Waals surface area contributed by atoms with E-state index in [2.05, 4.69) is 42.5 Å². The maximum absolute atomic E-state index is 6.42. The van der Waals surface area contributed by atoms with Crippen molar-refractivity contribution in [3.63, 3.8) is 0 Å². The van der Waals surface area contributed by atoms with Crippen molar-refractivity contribution in [3.05, 3.63) is 77.9 Å². The van der Waals surface area contributed by atoms with Crippen LogP contribution in [-0.2, 0) is 0 Å². The minimum Gasteiger partial charge on any atom is -0.318 e. The van der Waals surface area contributed by atoms with E-state index in [0.717, 1.165) is 12.0 Å². The molecule has 0 spiro atoms. The lowest BCUT2D eigenvalue weighted by Gasteiger charge is -2.28. The van der Waals surface area contributed by atoms with Crippen molar-refractivity contribution in [1.82, 2.24) is 0 Å². The Morgan fingerprint density at radius 1 is 1.22 bits per heavy atom. The van der Waals surface area contributed by atoms with Gasteiger partial charge in [-0.2, -0.15) is 0 Å². The molecule has 1 heteroatoms. The highest BCUT2D eigenvalue weighted by Crippen LogP contribution is 2.25. The van der Waals surface area contributed by atoms with E-state index in [9.17, 15) is 0 Å². The Morgan fingerprint density at radius 2 is 2.00 bits per heavy atom. The fourth-order valence-electron chi connectivity index (χ4n) is 2.12. The second-order valence-corrected chi connectivity index (χ2v) is 4.52. The fraction of sp³-hybridized carbons (Fsp3) is 0.176. The second-order valence-electron chi connectivity index (χ2n) is 4.52. The monoisotopic (exact) mass is 237 g/mol. The van der Waals surface area contributed by atoms with E-state index in [1.165, 1.54) is 5.56 Å². The number of benzene rings is 1. The van der Waals surface area contributed by atoms with Gasteiger partial charge in [-0.05, 0) is 24.5 Å². The molecule has 0 saturated carbocycles. The zero-order chi connectivity index (χ0) is 12.8. The van der Waals surface area contributed by atoms with Gasteiger partial charge < -0.3 is 5.73 Å². The van der Waals surface area contributed by atoms with Crippen molar-refractivity contribution in [1.29, 1.82) is 0 Å². The topological polar surface area (TPSA) is 26.0 Å². The Morgan fingerprint density at radius 3 is 2.61 bits per heavy atom. The van der Waals surface area contributed by atoms with E-state index in [1.54, 1.807) is 0 Å². The van der Waals surface area contributed by atoms with Gasteiger partial charge in [0.15, 0.2) is 0 Å². The molecule has 1 nitrogen and oxygen atoms in total. The number of hydrogen-bond acceptors (Lipinski definition) is 1. The predicted molar refractivity (Wildman–Crippen MR) is 79.0 cm³/mol. The average molecular weight is 237 g/mol. The van der Waals surface area contributed by atoms with Crippen molar-refractivity contribution in [3.8, 4) is 0 Å². The maximum Gasteiger partial charge on any atom is 0.0630 e. The molecule has 1 aromatic rings. The first-order valence-electron chi connectivity index (χ1n) is 6.28. The van der Waals surface area contributed by atoms with Crippen LogP contribution in [0.4, 0.5) is 0 Å². The molecule has 1 atom stereocenters. The third-order valence-electron chi connectivity index (χ3n) is 3.20. The summed E-state index contributed by atoms with van der Waals surface area (Å²) >= 11 is 0. The number of rotatable bonds is 3. The zero-order valence-corrected chi connectivity index (χ0v) is 10.7. The first-order chi connectivity index (χ1) is 8.74. The molecule has 1 aromatic carbocycles. The third kappa shape index (κ3) is 2.88. The molecule has 0 aromatic heterocycles. The highest BCUT2D eigenvalue weighted by Gasteiger charge is 2.24. The summed E-state index contributed by atoms with van der Waals surface area (Å²) in [5, 5.41) is 0. The van der Waals surface area contributed by atoms with Crippen LogP contribution in [0.25, 0.3) is 6.08 Å². The van der Waals surface area contributed by atoms with Crippen LogP contribution >= 0.6 is 0 Å². The van der Waals surface area contributed by atoms with Gasteiger partial charge in [0.1, 0.15) is 0 Å². The van der Waals surface area contributed by atoms with Crippen molar-refractivity contribution in [2.24, 2.45) is 5.73 Å². The first kappa shape index (κ1) is 12.6. The summed E-state index contributed by atoms with van der Waals surface area (Å²) in [4.78, 5) is 0. The van der Waals surface area contributed by atoms with Gasteiger partial charge in [0, 0.05) is 0 Å². The summed E-state index contributed by atoms with van der Waals surface area (Å²) in [7, 11) is 0. The Bertz CT molecular complexity index is 506. The van der Waals surface area contributed by atoms with E-state index in [-0.39, 0.29) is 5.54 Å². The van der Waals surface area contributed by atoms with Gasteiger partial charge in [0.2, 0.25) is 0 Å². The van der Waals surface area contributed by atoms with Crippen molar-refractivity contribution < 1.29 is 0 Å². The average Bonchev–Trinajstić information content (AvgIpc) is 2.41. The van der Waals surface area contributed by atoms with Gasteiger partial charge in [0.25, 0.3) is 0 Å². The van der Waals surface area contributed by atoms with Gasteiger partial charge in [-0.25, -0.2) is 0 Å². The summed E-state index contributed by atoms with van der Waals surface area (Å²) in [6.45, 7) is 2.03. The molecule has 0 aliphatic heterocycles. The molecule has 0 amide bonds. The molecule has 18 heavy (non-hydrogen) atoms. The van der Waals surface area contributed by atoms with E-state index >= 15 is 0 Å². The van der Waals surface area contributed by atoms with Crippen LogP contribution in [-0.4, -0.2) is 5.54 Å². The van der Waals surface area contributed by atoms with Crippen LogP contribution in [0.5, 0.6) is 0 Å². The van der Waals surface area contributed by atoms with Gasteiger partial charge in [-0.15, -0.1) is 0 Å². The van der Waals surface area contributed by atoms with Gasteiger partial charge in [-0.3, -0.25) is 0 Å². The van der Waals surface area contributed by atoms with E-state index in [0.29, 0.717) is 0 Å². The SMILES string of the molecule is CC=C(C=Cc1ccccc1)C1(N)C=CC=CC1. The largest absolute Gasteiger partial charge is 0.318 e. The summed E-state index contributed by atoms with van der Waals surface area (Å²) in [6.07, 6.45) is 15.4. The predicted octanol–water partition coefficient (Wildman–Crippen LogP) is 3.86. The summed E-state index contributed by atoms with van der Waals surface area (Å²) < 4.78 is 0. The molecule has 0 heterocycles. The normalized spacial score (nSPS) is 23.8. The van der Waals surface area contributed by atoms with Crippen LogP contribution in [0.15, 0.2) is 72.4 Å². The molecule has 1 aliphatic carbocycles. The number of allylic oxidation sites excluding steroid dienone is 3. The zero-order valence-electron chi connectivity index (χ0n) is 10.7. The fourth-order valence-corrected chi connectivity index (χ4v) is 2.12. The smallest absolute Gasteiger partial charge is 0.0630 e. The molecule has 92 valence electrons. The molecule has 2 N–H and O–H groups in total. The lowest BCUT2D eigenvalue weighted by molar-refractivity contribution is 0.632. The Kier molecular flexibility index (Phi) is 3.96. The summed E-state index contributed by atoms with van der Waals surface area (Å²) in [5.41, 5.74) is 8.39. The van der Waals surface area contributed by atoms with E-state index in [4.69, 9.17) is 5.73 Å². The van der Waals surface area contributed by atoms with Gasteiger partial charge in [-0.1, -0.05) is 72.9 Å². The maximum atomic E-state index is 6.42. The van der Waals surface area contributed by atoms with Crippen molar-refractivity contribution in [2.75, 3.05) is 0 Å². The number of nitrogens with two attached hydrogens (primary N) is 1. The van der Waals surface area contributed by atoms with E-state index < -0.39 is 0 Å². The van der Waals surface area contributed by atoms with Crippen LogP contribution in [0.3, 0.4) is 0 Å². The lowest BCUT2D eigenvalue weighted by atomic mass is 9.84.